The maximum Gasteiger partial charge on any atom is 0.319 e. The normalized spacial score (nSPS) is 25.2. The summed E-state index contributed by atoms with van der Waals surface area (Å²) in [6, 6.07) is 13.0. The number of anilines is 2. The van der Waals surface area contributed by atoms with Crippen molar-refractivity contribution in [2.75, 3.05) is 49.5 Å². The van der Waals surface area contributed by atoms with Crippen LogP contribution in [0.5, 0.6) is 11.8 Å². The Bertz CT molecular complexity index is 2960. The number of carbonyl (C=O) groups excluding carboxylic acids is 2. The molecule has 344 valence electrons. The van der Waals surface area contributed by atoms with Crippen molar-refractivity contribution in [2.45, 2.75) is 95.3 Å². The number of terminal acetylenes is 1. The highest BCUT2D eigenvalue weighted by Gasteiger charge is 2.49. The number of rotatable bonds is 10. The smallest absolute Gasteiger partial charge is 0.319 e. The van der Waals surface area contributed by atoms with Crippen LogP contribution < -0.4 is 25.6 Å². The second kappa shape index (κ2) is 15.9. The molecule has 12 rings (SSSR count). The number of hydrogen-bond acceptors (Lipinski definition) is 12. The fraction of sp³-hybridized carbons (Fsp3) is 0.462. The minimum absolute atomic E-state index is 0.0351. The number of halogens is 2. The van der Waals surface area contributed by atoms with E-state index in [0.717, 1.165) is 93.5 Å². The Kier molecular flexibility index (Phi) is 10.0. The Balaban J connectivity index is 0.720. The van der Waals surface area contributed by atoms with E-state index in [-0.39, 0.29) is 68.7 Å². The highest BCUT2D eigenvalue weighted by atomic mass is 19.1. The van der Waals surface area contributed by atoms with Gasteiger partial charge in [0.15, 0.2) is 5.82 Å². The van der Waals surface area contributed by atoms with Crippen LogP contribution in [0.2, 0.25) is 0 Å². The predicted octanol–water partition coefficient (Wildman–Crippen LogP) is 7.18. The van der Waals surface area contributed by atoms with Gasteiger partial charge >= 0.3 is 6.01 Å². The van der Waals surface area contributed by atoms with E-state index in [9.17, 15) is 14.7 Å². The van der Waals surface area contributed by atoms with Gasteiger partial charge in [0.25, 0.3) is 0 Å². The lowest BCUT2D eigenvalue weighted by Gasteiger charge is -2.53. The van der Waals surface area contributed by atoms with E-state index in [2.05, 4.69) is 61.8 Å². The fourth-order valence-corrected chi connectivity index (χ4v) is 12.2. The van der Waals surface area contributed by atoms with E-state index >= 15 is 8.78 Å². The molecule has 2 saturated carbocycles. The van der Waals surface area contributed by atoms with Crippen LogP contribution in [0.4, 0.5) is 20.3 Å². The average Bonchev–Trinajstić information content (AvgIpc) is 3.89. The van der Waals surface area contributed by atoms with Crippen molar-refractivity contribution in [3.63, 3.8) is 0 Å². The summed E-state index contributed by atoms with van der Waals surface area (Å²) in [5.74, 6) is 0.662. The Labute approximate surface area is 387 Å². The number of carbonyl (C=O) groups is 2. The first-order valence-electron chi connectivity index (χ1n) is 23.9. The first-order chi connectivity index (χ1) is 32.4. The van der Waals surface area contributed by atoms with Crippen molar-refractivity contribution in [1.82, 2.24) is 30.5 Å². The van der Waals surface area contributed by atoms with Crippen molar-refractivity contribution in [2.24, 2.45) is 21.7 Å². The average molecular weight is 906 g/mol. The highest BCUT2D eigenvalue weighted by Crippen LogP contribution is 2.52. The van der Waals surface area contributed by atoms with E-state index < -0.39 is 11.6 Å². The minimum atomic E-state index is -0.725. The molecule has 6 fully saturated rings. The zero-order valence-electron chi connectivity index (χ0n) is 37.5. The van der Waals surface area contributed by atoms with Crippen molar-refractivity contribution in [1.29, 1.82) is 0 Å². The monoisotopic (exact) mass is 905 g/mol. The molecule has 4 saturated heterocycles. The molecule has 2 aliphatic carbocycles. The SMILES string of the molecule is C#Cc1c(F)ccc2cc(O)cc(-c3ncc4c(N5CC6CCC(C5)N6)nc(OCC5(CN6CCC7(CC6)CC(Nc6ccc8c(c6)C(C)N=C8C6CCC(=O)NC6=O)C7)CC5)nc4c3F)c12. The molecule has 7 aliphatic rings. The molecule has 67 heavy (non-hydrogen) atoms. The molecule has 5 aliphatic heterocycles. The largest absolute Gasteiger partial charge is 0.508 e. The Morgan fingerprint density at radius 1 is 0.985 bits per heavy atom. The number of nitrogens with one attached hydrogen (secondary N) is 3. The van der Waals surface area contributed by atoms with Gasteiger partial charge in [0.05, 0.1) is 35.2 Å². The lowest BCUT2D eigenvalue weighted by molar-refractivity contribution is -0.134. The molecule has 2 bridgehead atoms. The zero-order valence-corrected chi connectivity index (χ0v) is 37.5. The van der Waals surface area contributed by atoms with Crippen molar-refractivity contribution >= 4 is 50.7 Å². The summed E-state index contributed by atoms with van der Waals surface area (Å²) in [6.07, 6.45) is 16.9. The Morgan fingerprint density at radius 3 is 2.52 bits per heavy atom. The molecule has 13 nitrogen and oxygen atoms in total. The molecule has 7 heterocycles. The molecule has 2 aromatic heterocycles. The molecule has 1 spiro atoms. The van der Waals surface area contributed by atoms with Gasteiger partial charge in [-0.25, -0.2) is 8.78 Å². The summed E-state index contributed by atoms with van der Waals surface area (Å²) >= 11 is 0. The van der Waals surface area contributed by atoms with Crippen LogP contribution in [0.25, 0.3) is 32.9 Å². The van der Waals surface area contributed by atoms with E-state index in [1.165, 1.54) is 24.3 Å². The minimum Gasteiger partial charge on any atom is -0.508 e. The number of piperazine rings is 1. The molecule has 0 radical (unpaired) electrons. The van der Waals surface area contributed by atoms with Crippen molar-refractivity contribution < 1.29 is 28.2 Å². The van der Waals surface area contributed by atoms with Crippen LogP contribution in [0, 0.1) is 40.7 Å². The summed E-state index contributed by atoms with van der Waals surface area (Å²) in [5.41, 5.74) is 4.40. The maximum atomic E-state index is 17.1. The van der Waals surface area contributed by atoms with Crippen LogP contribution in [0.15, 0.2) is 53.7 Å². The molecular weight excluding hydrogens is 853 g/mol. The zero-order chi connectivity index (χ0) is 45.8. The topological polar surface area (TPSA) is 157 Å². The van der Waals surface area contributed by atoms with Gasteiger partial charge < -0.3 is 30.3 Å². The number of nitrogens with zero attached hydrogens (tertiary/aromatic N) is 6. The number of likely N-dealkylation sites (tertiary alicyclic amines) is 1. The van der Waals surface area contributed by atoms with E-state index in [1.54, 1.807) is 6.20 Å². The van der Waals surface area contributed by atoms with Crippen LogP contribution in [0.3, 0.4) is 0 Å². The Hall–Kier alpha value is -6.24. The molecule has 15 heteroatoms. The number of imide groups is 1. The molecule has 5 aromatic rings. The predicted molar refractivity (Wildman–Crippen MR) is 251 cm³/mol. The molecule has 4 N–H and O–H groups in total. The number of aliphatic imine (C=N–C) groups is 1. The van der Waals surface area contributed by atoms with E-state index in [4.69, 9.17) is 26.1 Å². The highest BCUT2D eigenvalue weighted by molar-refractivity contribution is 6.18. The standard InChI is InChI=1S/C52H53F2N9O4/c1-3-35-41(53)10-4-29-18-34(64)20-39(43(29)35)46-44(54)47-40(23-55-46)48(63-24-31-5-6-32(25-63)58-31)61-50(60-47)67-27-52(12-13-52)26-62-16-14-51(15-17-62)21-33(22-51)57-30-7-8-36-38(19-30)28(2)56-45(36)37-9-11-42(65)59-49(37)66/h1,4,7-8,10,18-20,23,28,31-33,37,57-58,64H,5-6,9,11-17,21-22,24-27H2,2H3,(H,59,65,66). The van der Waals surface area contributed by atoms with E-state index in [1.807, 2.05) is 0 Å². The van der Waals surface area contributed by atoms with Gasteiger partial charge in [-0.15, -0.1) is 6.42 Å². The maximum absolute atomic E-state index is 17.1. The van der Waals surface area contributed by atoms with Crippen molar-refractivity contribution in [3.8, 4) is 35.4 Å². The van der Waals surface area contributed by atoms with Gasteiger partial charge in [0.2, 0.25) is 11.8 Å². The number of amides is 2. The summed E-state index contributed by atoms with van der Waals surface area (Å²) in [4.78, 5) is 48.3. The van der Waals surface area contributed by atoms with Gasteiger partial charge in [0, 0.05) is 78.0 Å². The fourth-order valence-electron chi connectivity index (χ4n) is 12.2. The van der Waals surface area contributed by atoms with E-state index in [0.29, 0.717) is 72.7 Å². The molecule has 3 aromatic carbocycles. The van der Waals surface area contributed by atoms with Crippen molar-refractivity contribution in [3.05, 3.63) is 77.0 Å². The quantitative estimate of drug-likeness (QED) is 0.0832. The number of aromatic nitrogens is 3. The number of aromatic hydroxyl groups is 1. The number of phenols is 1. The molecular formula is C52H53F2N9O4. The van der Waals surface area contributed by atoms with Crippen LogP contribution in [-0.4, -0.2) is 99.9 Å². The van der Waals surface area contributed by atoms with Gasteiger partial charge in [-0.3, -0.25) is 24.9 Å². The third kappa shape index (κ3) is 7.53. The van der Waals surface area contributed by atoms with Crippen LogP contribution in [-0.2, 0) is 9.59 Å². The Morgan fingerprint density at radius 2 is 1.78 bits per heavy atom. The first kappa shape index (κ1) is 42.1. The number of phenolic OH excluding ortho intramolecular Hbond substituents is 1. The number of hydrogen-bond donors (Lipinski definition) is 4. The lowest BCUT2D eigenvalue weighted by atomic mass is 9.60. The number of ether oxygens (including phenoxy) is 1. The molecule has 2 amide bonds. The number of pyridine rings is 1. The lowest BCUT2D eigenvalue weighted by Crippen LogP contribution is -2.52. The first-order valence-corrected chi connectivity index (χ1v) is 23.9. The van der Waals surface area contributed by atoms with Crippen LogP contribution in [0.1, 0.15) is 93.9 Å². The van der Waals surface area contributed by atoms with Gasteiger partial charge in [-0.05, 0) is 124 Å². The molecule has 4 unspecified atom stereocenters. The summed E-state index contributed by atoms with van der Waals surface area (Å²) in [7, 11) is 0. The summed E-state index contributed by atoms with van der Waals surface area (Å²) < 4.78 is 38.7. The number of benzene rings is 3. The third-order valence-electron chi connectivity index (χ3n) is 16.0. The number of piperidine rings is 2. The van der Waals surface area contributed by atoms with Gasteiger partial charge in [0.1, 0.15) is 28.6 Å². The van der Waals surface area contributed by atoms with Gasteiger partial charge in [-0.2, -0.15) is 9.97 Å². The third-order valence-corrected chi connectivity index (χ3v) is 16.0. The molecule has 4 atom stereocenters. The van der Waals surface area contributed by atoms with Gasteiger partial charge in [-0.1, -0.05) is 18.1 Å². The number of fused-ring (bicyclic) bond motifs is 5. The summed E-state index contributed by atoms with van der Waals surface area (Å²) in [6.45, 7) is 6.88. The van der Waals surface area contributed by atoms with Crippen LogP contribution >= 0.6 is 0 Å². The second-order valence-electron chi connectivity index (χ2n) is 20.5. The second-order valence-corrected chi connectivity index (χ2v) is 20.5. The summed E-state index contributed by atoms with van der Waals surface area (Å²) in [5, 5.41) is 21.8.